The zero-order valence-electron chi connectivity index (χ0n) is 7.95. The number of carbonyl (C=O) groups excluding carboxylic acids is 1. The third-order valence-corrected chi connectivity index (χ3v) is 2.00. The molecule has 0 aromatic rings. The van der Waals surface area contributed by atoms with Crippen molar-refractivity contribution < 1.29 is 9.63 Å². The number of hydrogen-bond donors (Lipinski definition) is 0. The van der Waals surface area contributed by atoms with Crippen LogP contribution in [0.25, 0.3) is 0 Å². The van der Waals surface area contributed by atoms with Gasteiger partial charge < -0.3 is 4.84 Å². The van der Waals surface area contributed by atoms with Crippen molar-refractivity contribution in [2.24, 2.45) is 5.16 Å². The zero-order valence-corrected chi connectivity index (χ0v) is 7.95. The third kappa shape index (κ3) is 3.87. The fourth-order valence-corrected chi connectivity index (χ4v) is 1.33. The van der Waals surface area contributed by atoms with Gasteiger partial charge >= 0.3 is 5.97 Å². The second kappa shape index (κ2) is 5.51. The van der Waals surface area contributed by atoms with Crippen molar-refractivity contribution in [2.45, 2.75) is 39.0 Å². The van der Waals surface area contributed by atoms with Gasteiger partial charge in [0, 0.05) is 6.08 Å². The fourth-order valence-electron chi connectivity index (χ4n) is 1.33. The van der Waals surface area contributed by atoms with E-state index in [1.807, 2.05) is 0 Å². The molecule has 0 heterocycles. The number of hydrogen-bond acceptors (Lipinski definition) is 3. The molecular formula is C10H15NO2. The largest absolute Gasteiger partial charge is 0.358 e. The van der Waals surface area contributed by atoms with E-state index in [9.17, 15) is 4.79 Å². The molecule has 1 rings (SSSR count). The van der Waals surface area contributed by atoms with Gasteiger partial charge in [-0.3, -0.25) is 0 Å². The van der Waals surface area contributed by atoms with Crippen molar-refractivity contribution in [2.75, 3.05) is 0 Å². The van der Waals surface area contributed by atoms with Gasteiger partial charge in [-0.15, -0.1) is 0 Å². The Morgan fingerprint density at radius 1 is 1.38 bits per heavy atom. The maximum atomic E-state index is 10.9. The van der Waals surface area contributed by atoms with Gasteiger partial charge in [-0.25, -0.2) is 4.79 Å². The molecule has 0 amide bonds. The van der Waals surface area contributed by atoms with E-state index in [1.165, 1.54) is 25.3 Å². The van der Waals surface area contributed by atoms with Gasteiger partial charge in [-0.1, -0.05) is 17.7 Å². The van der Waals surface area contributed by atoms with E-state index in [4.69, 9.17) is 0 Å². The lowest BCUT2D eigenvalue weighted by atomic mass is 9.99. The summed E-state index contributed by atoms with van der Waals surface area (Å²) in [5, 5.41) is 3.82. The van der Waals surface area contributed by atoms with Crippen molar-refractivity contribution in [3.63, 3.8) is 0 Å². The SMILES string of the molecule is C/C=C/C(=O)ON=C1CCCCC1. The van der Waals surface area contributed by atoms with E-state index < -0.39 is 0 Å². The third-order valence-electron chi connectivity index (χ3n) is 2.00. The first-order chi connectivity index (χ1) is 6.33. The minimum atomic E-state index is -0.388. The first-order valence-corrected chi connectivity index (χ1v) is 4.72. The summed E-state index contributed by atoms with van der Waals surface area (Å²) in [6, 6.07) is 0. The van der Waals surface area contributed by atoms with Crippen LogP contribution in [0.3, 0.4) is 0 Å². The summed E-state index contributed by atoms with van der Waals surface area (Å²) < 4.78 is 0. The predicted octanol–water partition coefficient (Wildman–Crippen LogP) is 2.43. The minimum absolute atomic E-state index is 0.388. The second-order valence-corrected chi connectivity index (χ2v) is 3.13. The lowest BCUT2D eigenvalue weighted by Crippen LogP contribution is -2.06. The van der Waals surface area contributed by atoms with Crippen LogP contribution in [0.15, 0.2) is 17.3 Å². The highest BCUT2D eigenvalue weighted by Gasteiger charge is 2.07. The first-order valence-electron chi connectivity index (χ1n) is 4.72. The number of rotatable bonds is 2. The number of carbonyl (C=O) groups is 1. The minimum Gasteiger partial charge on any atom is -0.314 e. The van der Waals surface area contributed by atoms with Gasteiger partial charge in [0.1, 0.15) is 0 Å². The summed E-state index contributed by atoms with van der Waals surface area (Å²) in [6.45, 7) is 1.77. The van der Waals surface area contributed by atoms with Crippen molar-refractivity contribution in [1.29, 1.82) is 0 Å². The highest BCUT2D eigenvalue weighted by atomic mass is 16.7. The smallest absolute Gasteiger partial charge is 0.314 e. The molecule has 0 aromatic carbocycles. The Morgan fingerprint density at radius 3 is 2.69 bits per heavy atom. The van der Waals surface area contributed by atoms with E-state index in [1.54, 1.807) is 13.0 Å². The molecule has 0 unspecified atom stereocenters. The summed E-state index contributed by atoms with van der Waals surface area (Å²) in [7, 11) is 0. The van der Waals surface area contributed by atoms with Gasteiger partial charge in [0.25, 0.3) is 0 Å². The Hall–Kier alpha value is -1.12. The van der Waals surface area contributed by atoms with Crippen molar-refractivity contribution in [3.8, 4) is 0 Å². The first kappa shape index (κ1) is 9.96. The quantitative estimate of drug-likeness (QED) is 0.373. The lowest BCUT2D eigenvalue weighted by molar-refractivity contribution is -0.137. The lowest BCUT2D eigenvalue weighted by Gasteiger charge is -2.10. The molecule has 13 heavy (non-hydrogen) atoms. The monoisotopic (exact) mass is 181 g/mol. The molecule has 0 bridgehead atoms. The summed E-state index contributed by atoms with van der Waals surface area (Å²) in [5.41, 5.74) is 1.02. The molecule has 1 saturated carbocycles. The standard InChI is InChI=1S/C10H15NO2/c1-2-6-10(12)13-11-9-7-4-3-5-8-9/h2,6H,3-5,7-8H2,1H3/b6-2+. The van der Waals surface area contributed by atoms with Crippen LogP contribution in [0.4, 0.5) is 0 Å². The van der Waals surface area contributed by atoms with Crippen LogP contribution in [0.5, 0.6) is 0 Å². The highest BCUT2D eigenvalue weighted by molar-refractivity contribution is 5.86. The molecule has 1 aliphatic rings. The van der Waals surface area contributed by atoms with Gasteiger partial charge in [-0.2, -0.15) is 0 Å². The maximum absolute atomic E-state index is 10.9. The van der Waals surface area contributed by atoms with Crippen LogP contribution in [0.2, 0.25) is 0 Å². The van der Waals surface area contributed by atoms with Crippen LogP contribution in [-0.2, 0) is 9.63 Å². The maximum Gasteiger partial charge on any atom is 0.358 e. The van der Waals surface area contributed by atoms with Crippen LogP contribution < -0.4 is 0 Å². The normalized spacial score (nSPS) is 17.5. The number of oxime groups is 1. The average molecular weight is 181 g/mol. The summed E-state index contributed by atoms with van der Waals surface area (Å²) in [6.07, 6.45) is 8.56. The molecule has 0 atom stereocenters. The molecule has 0 saturated heterocycles. The molecule has 0 aromatic heterocycles. The fraction of sp³-hybridized carbons (Fsp3) is 0.600. The summed E-state index contributed by atoms with van der Waals surface area (Å²) in [4.78, 5) is 15.6. The topological polar surface area (TPSA) is 38.7 Å². The Bertz CT molecular complexity index is 223. The van der Waals surface area contributed by atoms with E-state index in [2.05, 4.69) is 9.99 Å². The van der Waals surface area contributed by atoms with E-state index in [0.29, 0.717) is 0 Å². The molecular weight excluding hydrogens is 166 g/mol. The molecule has 3 nitrogen and oxygen atoms in total. The molecule has 3 heteroatoms. The Balaban J connectivity index is 2.33. The summed E-state index contributed by atoms with van der Waals surface area (Å²) in [5.74, 6) is -0.388. The molecule has 72 valence electrons. The summed E-state index contributed by atoms with van der Waals surface area (Å²) >= 11 is 0. The Kier molecular flexibility index (Phi) is 4.23. The van der Waals surface area contributed by atoms with Gasteiger partial charge in [-0.05, 0) is 32.6 Å². The Morgan fingerprint density at radius 2 is 2.08 bits per heavy atom. The predicted molar refractivity (Wildman–Crippen MR) is 51.4 cm³/mol. The van der Waals surface area contributed by atoms with Crippen LogP contribution in [0, 0.1) is 0 Å². The highest BCUT2D eigenvalue weighted by Crippen LogP contribution is 2.14. The van der Waals surface area contributed by atoms with Crippen LogP contribution in [-0.4, -0.2) is 11.7 Å². The molecule has 1 fully saturated rings. The second-order valence-electron chi connectivity index (χ2n) is 3.13. The average Bonchev–Trinajstić information content (AvgIpc) is 2.17. The Labute approximate surface area is 78.5 Å². The molecule has 1 aliphatic carbocycles. The van der Waals surface area contributed by atoms with Crippen molar-refractivity contribution in [1.82, 2.24) is 0 Å². The molecule has 0 spiro atoms. The van der Waals surface area contributed by atoms with Crippen LogP contribution >= 0.6 is 0 Å². The van der Waals surface area contributed by atoms with E-state index >= 15 is 0 Å². The van der Waals surface area contributed by atoms with Gasteiger partial charge in [0.2, 0.25) is 0 Å². The van der Waals surface area contributed by atoms with Crippen molar-refractivity contribution in [3.05, 3.63) is 12.2 Å². The molecule has 0 aliphatic heterocycles. The van der Waals surface area contributed by atoms with Crippen molar-refractivity contribution >= 4 is 11.7 Å². The van der Waals surface area contributed by atoms with Gasteiger partial charge in [0.05, 0.1) is 5.71 Å². The number of nitrogens with zero attached hydrogens (tertiary/aromatic N) is 1. The molecule has 0 radical (unpaired) electrons. The number of allylic oxidation sites excluding steroid dienone is 1. The van der Waals surface area contributed by atoms with Gasteiger partial charge in [0.15, 0.2) is 0 Å². The van der Waals surface area contributed by atoms with Crippen LogP contribution in [0.1, 0.15) is 39.0 Å². The van der Waals surface area contributed by atoms with E-state index in [0.717, 1.165) is 18.6 Å². The van der Waals surface area contributed by atoms with E-state index in [-0.39, 0.29) is 5.97 Å². The molecule has 0 N–H and O–H groups in total. The zero-order chi connectivity index (χ0) is 9.52.